The van der Waals surface area contributed by atoms with Gasteiger partial charge in [0.15, 0.2) is 11.5 Å². The predicted molar refractivity (Wildman–Crippen MR) is 138 cm³/mol. The van der Waals surface area contributed by atoms with Crippen LogP contribution in [0.3, 0.4) is 0 Å². The summed E-state index contributed by atoms with van der Waals surface area (Å²) in [6.07, 6.45) is 5.89. The van der Waals surface area contributed by atoms with Crippen LogP contribution >= 0.6 is 11.6 Å². The van der Waals surface area contributed by atoms with Crippen molar-refractivity contribution in [3.05, 3.63) is 71.3 Å². The van der Waals surface area contributed by atoms with E-state index in [1.807, 2.05) is 48.0 Å². The van der Waals surface area contributed by atoms with Gasteiger partial charge in [-0.05, 0) is 55.2 Å². The Bertz CT molecular complexity index is 1130. The van der Waals surface area contributed by atoms with E-state index in [1.165, 1.54) is 0 Å². The van der Waals surface area contributed by atoms with E-state index in [1.54, 1.807) is 25.7 Å². The molecule has 8 nitrogen and oxygen atoms in total. The van der Waals surface area contributed by atoms with Crippen molar-refractivity contribution < 1.29 is 24.4 Å². The van der Waals surface area contributed by atoms with E-state index in [-0.39, 0.29) is 13.2 Å². The van der Waals surface area contributed by atoms with Crippen LogP contribution in [0, 0.1) is 6.92 Å². The van der Waals surface area contributed by atoms with Gasteiger partial charge in [0.1, 0.15) is 18.0 Å². The fourth-order valence-corrected chi connectivity index (χ4v) is 4.55. The maximum Gasteiger partial charge on any atom is 0.161 e. The number of imidazole rings is 1. The molecule has 2 N–H and O–H groups in total. The van der Waals surface area contributed by atoms with Crippen molar-refractivity contribution in [2.24, 2.45) is 0 Å². The highest BCUT2D eigenvalue weighted by Crippen LogP contribution is 2.31. The standard InChI is InChI=1S/C27H34ClN3O5/c1-20-4-6-22(28)24(14-20)36-18-27(33)17-31(11-8-26(27)32)16-21-5-7-23(25(15-21)34-2)35-13-3-10-30-12-9-29-19-30/h4-7,9,12,14-15,19,26,32-33H,3,8,10-11,13,16-18H2,1-2H3/t26-,27-/m0/s1. The number of rotatable bonds is 11. The molecule has 4 rings (SSSR count). The maximum absolute atomic E-state index is 11.2. The Morgan fingerprint density at radius 2 is 2.00 bits per heavy atom. The van der Waals surface area contributed by atoms with E-state index in [2.05, 4.69) is 9.88 Å². The molecule has 0 saturated carbocycles. The van der Waals surface area contributed by atoms with E-state index in [0.717, 1.165) is 24.1 Å². The number of nitrogens with zero attached hydrogens (tertiary/aromatic N) is 3. The van der Waals surface area contributed by atoms with Gasteiger partial charge in [0.2, 0.25) is 0 Å². The van der Waals surface area contributed by atoms with Gasteiger partial charge in [0.25, 0.3) is 0 Å². The van der Waals surface area contributed by atoms with Crippen LogP contribution in [0.4, 0.5) is 0 Å². The third kappa shape index (κ3) is 6.70. The molecule has 1 aliphatic rings. The van der Waals surface area contributed by atoms with Gasteiger partial charge in [-0.2, -0.15) is 0 Å². The zero-order valence-corrected chi connectivity index (χ0v) is 21.5. The summed E-state index contributed by atoms with van der Waals surface area (Å²) >= 11 is 6.23. The van der Waals surface area contributed by atoms with Gasteiger partial charge >= 0.3 is 0 Å². The minimum atomic E-state index is -1.41. The second kappa shape index (κ2) is 12.0. The van der Waals surface area contributed by atoms with Gasteiger partial charge in [0.05, 0.1) is 31.2 Å². The molecule has 0 spiro atoms. The molecule has 36 heavy (non-hydrogen) atoms. The molecule has 1 aromatic heterocycles. The number of benzene rings is 2. The molecule has 1 saturated heterocycles. The summed E-state index contributed by atoms with van der Waals surface area (Å²) in [5, 5.41) is 22.3. The summed E-state index contributed by atoms with van der Waals surface area (Å²) < 4.78 is 19.4. The number of likely N-dealkylation sites (tertiary alicyclic amines) is 1. The van der Waals surface area contributed by atoms with E-state index < -0.39 is 11.7 Å². The third-order valence-corrected chi connectivity index (χ3v) is 6.72. The Morgan fingerprint density at radius 3 is 2.78 bits per heavy atom. The lowest BCUT2D eigenvalue weighted by Crippen LogP contribution is -2.59. The fourth-order valence-electron chi connectivity index (χ4n) is 4.38. The lowest BCUT2D eigenvalue weighted by Gasteiger charge is -2.42. The van der Waals surface area contributed by atoms with Crippen molar-refractivity contribution >= 4 is 11.6 Å². The molecule has 0 aliphatic carbocycles. The summed E-state index contributed by atoms with van der Waals surface area (Å²) in [5.74, 6) is 1.86. The highest BCUT2D eigenvalue weighted by atomic mass is 35.5. The molecular formula is C27H34ClN3O5. The number of aryl methyl sites for hydroxylation is 2. The van der Waals surface area contributed by atoms with E-state index in [9.17, 15) is 10.2 Å². The Labute approximate surface area is 217 Å². The van der Waals surface area contributed by atoms with Crippen LogP contribution in [0.1, 0.15) is 24.0 Å². The summed E-state index contributed by atoms with van der Waals surface area (Å²) in [7, 11) is 1.63. The molecular weight excluding hydrogens is 482 g/mol. The van der Waals surface area contributed by atoms with Crippen molar-refractivity contribution in [3.8, 4) is 17.2 Å². The van der Waals surface area contributed by atoms with Crippen LogP contribution in [0.5, 0.6) is 17.2 Å². The van der Waals surface area contributed by atoms with Gasteiger partial charge in [-0.1, -0.05) is 23.7 Å². The average Bonchev–Trinajstić information content (AvgIpc) is 3.39. The number of β-amino-alcohol motifs (C(OH)–C–C–N with tert-alkyl or cyclic N) is 1. The number of hydrogen-bond acceptors (Lipinski definition) is 7. The number of hydrogen-bond donors (Lipinski definition) is 2. The zero-order chi connectivity index (χ0) is 25.5. The first-order chi connectivity index (χ1) is 17.4. The van der Waals surface area contributed by atoms with Crippen molar-refractivity contribution in [1.82, 2.24) is 14.5 Å². The number of methoxy groups -OCH3 is 1. The quantitative estimate of drug-likeness (QED) is 0.376. The number of piperidine rings is 1. The summed E-state index contributed by atoms with van der Waals surface area (Å²) in [6.45, 7) is 4.82. The number of ether oxygens (including phenoxy) is 3. The molecule has 2 atom stereocenters. The SMILES string of the molecule is COc1cc(CN2CC[C@H](O)[C@@](O)(COc3cc(C)ccc3Cl)C2)ccc1OCCCn1ccnc1. The fraction of sp³-hybridized carbons (Fsp3) is 0.444. The zero-order valence-electron chi connectivity index (χ0n) is 20.8. The first-order valence-corrected chi connectivity index (χ1v) is 12.5. The van der Waals surface area contributed by atoms with Crippen molar-refractivity contribution in [2.45, 2.75) is 44.6 Å². The van der Waals surface area contributed by atoms with E-state index >= 15 is 0 Å². The molecule has 0 unspecified atom stereocenters. The van der Waals surface area contributed by atoms with Crippen molar-refractivity contribution in [2.75, 3.05) is 33.4 Å². The first-order valence-electron chi connectivity index (χ1n) is 12.1. The predicted octanol–water partition coefficient (Wildman–Crippen LogP) is 3.70. The van der Waals surface area contributed by atoms with Crippen LogP contribution in [0.25, 0.3) is 0 Å². The molecule has 9 heteroatoms. The lowest BCUT2D eigenvalue weighted by molar-refractivity contribution is -0.140. The van der Waals surface area contributed by atoms with Gasteiger partial charge in [0, 0.05) is 38.6 Å². The molecule has 1 fully saturated rings. The molecule has 3 aromatic rings. The Balaban J connectivity index is 1.33. The van der Waals surface area contributed by atoms with Crippen LogP contribution in [-0.4, -0.2) is 69.8 Å². The minimum absolute atomic E-state index is 0.0526. The third-order valence-electron chi connectivity index (χ3n) is 6.41. The first kappa shape index (κ1) is 26.3. The molecule has 1 aliphatic heterocycles. The Morgan fingerprint density at radius 1 is 1.14 bits per heavy atom. The normalized spacial score (nSPS) is 20.3. The Kier molecular flexibility index (Phi) is 8.74. The van der Waals surface area contributed by atoms with Gasteiger partial charge in [-0.3, -0.25) is 4.90 Å². The average molecular weight is 516 g/mol. The van der Waals surface area contributed by atoms with E-state index in [0.29, 0.717) is 48.4 Å². The Hall–Kier alpha value is -2.78. The minimum Gasteiger partial charge on any atom is -0.493 e. The largest absolute Gasteiger partial charge is 0.493 e. The van der Waals surface area contributed by atoms with Crippen LogP contribution < -0.4 is 14.2 Å². The molecule has 0 amide bonds. The second-order valence-electron chi connectivity index (χ2n) is 9.33. The number of halogens is 1. The lowest BCUT2D eigenvalue weighted by atomic mass is 9.90. The van der Waals surface area contributed by atoms with E-state index in [4.69, 9.17) is 25.8 Å². The molecule has 2 aromatic carbocycles. The van der Waals surface area contributed by atoms with Gasteiger partial charge in [-0.15, -0.1) is 0 Å². The maximum atomic E-state index is 11.2. The van der Waals surface area contributed by atoms with Crippen molar-refractivity contribution in [3.63, 3.8) is 0 Å². The van der Waals surface area contributed by atoms with Crippen LogP contribution in [-0.2, 0) is 13.1 Å². The number of aromatic nitrogens is 2. The van der Waals surface area contributed by atoms with Gasteiger partial charge in [-0.25, -0.2) is 4.98 Å². The summed E-state index contributed by atoms with van der Waals surface area (Å²) in [5.41, 5.74) is 0.624. The van der Waals surface area contributed by atoms with Gasteiger partial charge < -0.3 is 29.0 Å². The van der Waals surface area contributed by atoms with Crippen LogP contribution in [0.2, 0.25) is 5.02 Å². The second-order valence-corrected chi connectivity index (χ2v) is 9.74. The smallest absolute Gasteiger partial charge is 0.161 e. The topological polar surface area (TPSA) is 89.2 Å². The summed E-state index contributed by atoms with van der Waals surface area (Å²) in [4.78, 5) is 6.15. The van der Waals surface area contributed by atoms with Crippen LogP contribution in [0.15, 0.2) is 55.1 Å². The molecule has 0 radical (unpaired) electrons. The van der Waals surface area contributed by atoms with Crippen molar-refractivity contribution in [1.29, 1.82) is 0 Å². The highest BCUT2D eigenvalue weighted by molar-refractivity contribution is 6.32. The number of aliphatic hydroxyl groups excluding tert-OH is 1. The molecule has 0 bridgehead atoms. The summed E-state index contributed by atoms with van der Waals surface area (Å²) in [6, 6.07) is 11.4. The molecule has 194 valence electrons. The number of aliphatic hydroxyl groups is 2. The monoisotopic (exact) mass is 515 g/mol. The molecule has 2 heterocycles. The highest BCUT2D eigenvalue weighted by Gasteiger charge is 2.42.